The Morgan fingerprint density at radius 2 is 1.31 bits per heavy atom. The van der Waals surface area contributed by atoms with Crippen LogP contribution in [0.2, 0.25) is 0 Å². The Kier molecular flexibility index (Phi) is 7.95. The van der Waals surface area contributed by atoms with E-state index in [0.29, 0.717) is 0 Å². The number of hydrogen-bond acceptors (Lipinski definition) is 1. The summed E-state index contributed by atoms with van der Waals surface area (Å²) >= 11 is 0. The molecule has 0 atom stereocenters. The molecule has 1 aliphatic carbocycles. The molecule has 1 aromatic heterocycles. The number of anilines is 2. The van der Waals surface area contributed by atoms with Gasteiger partial charge >= 0.3 is 0 Å². The third-order valence-corrected chi connectivity index (χ3v) is 11.2. The highest BCUT2D eigenvalue weighted by Crippen LogP contribution is 2.40. The van der Waals surface area contributed by atoms with Crippen LogP contribution in [-0.4, -0.2) is 11.1 Å². The van der Waals surface area contributed by atoms with Gasteiger partial charge in [0.25, 0.3) is 0 Å². The lowest BCUT2D eigenvalue weighted by molar-refractivity contribution is 1.05. The van der Waals surface area contributed by atoms with Crippen molar-refractivity contribution < 1.29 is 0 Å². The van der Waals surface area contributed by atoms with Crippen molar-refractivity contribution in [1.82, 2.24) is 4.57 Å². The minimum absolute atomic E-state index is 0.758. The van der Waals surface area contributed by atoms with Gasteiger partial charge in [-0.1, -0.05) is 134 Å². The molecule has 54 heavy (non-hydrogen) atoms. The molecule has 0 unspecified atom stereocenters. The molecule has 0 saturated carbocycles. The standard InChI is InChI=1S/C52H40N2/c1-36-30-42(28-29-53(50-22-12-10-20-47(36)50)45-26-24-39-18-8-9-19-40(39)32-45)41-25-27-52-49(35-41)48-21-11-13-23-51(48)54(52)46-33-43(37-14-4-2-5-15-37)31-44(34-46)38-16-6-3-7-17-38/h2-6,8-16,18-28,30-35H,7,17,29H2,1H3/b36-30+,42-28+. The van der Waals surface area contributed by atoms with E-state index in [9.17, 15) is 0 Å². The molecule has 0 fully saturated rings. The molecular formula is C52H40N2. The minimum atomic E-state index is 0.758. The van der Waals surface area contributed by atoms with Crippen LogP contribution in [-0.2, 0) is 0 Å². The molecule has 0 N–H and O–H groups in total. The van der Waals surface area contributed by atoms with Gasteiger partial charge in [-0.05, 0) is 124 Å². The highest BCUT2D eigenvalue weighted by atomic mass is 15.1. The number of hydrogen-bond donors (Lipinski definition) is 0. The second-order valence-electron chi connectivity index (χ2n) is 14.5. The van der Waals surface area contributed by atoms with Crippen molar-refractivity contribution in [3.8, 4) is 16.8 Å². The Balaban J connectivity index is 1.12. The number of fused-ring (bicyclic) bond motifs is 5. The molecule has 0 spiro atoms. The van der Waals surface area contributed by atoms with E-state index in [-0.39, 0.29) is 0 Å². The lowest BCUT2D eigenvalue weighted by atomic mass is 9.93. The molecule has 8 aromatic rings. The number of nitrogens with zero attached hydrogens (tertiary/aromatic N) is 2. The summed E-state index contributed by atoms with van der Waals surface area (Å²) in [5, 5.41) is 5.03. The van der Waals surface area contributed by atoms with Crippen LogP contribution < -0.4 is 4.90 Å². The van der Waals surface area contributed by atoms with Gasteiger partial charge < -0.3 is 9.47 Å². The third-order valence-electron chi connectivity index (χ3n) is 11.2. The Morgan fingerprint density at radius 1 is 0.537 bits per heavy atom. The van der Waals surface area contributed by atoms with E-state index >= 15 is 0 Å². The molecule has 258 valence electrons. The summed E-state index contributed by atoms with van der Waals surface area (Å²) in [5.41, 5.74) is 16.1. The van der Waals surface area contributed by atoms with E-state index in [1.54, 1.807) is 0 Å². The molecule has 1 aliphatic heterocycles. The summed E-state index contributed by atoms with van der Waals surface area (Å²) in [6.45, 7) is 3.00. The Labute approximate surface area is 316 Å². The van der Waals surface area contributed by atoms with Gasteiger partial charge in [0.05, 0.1) is 11.0 Å². The van der Waals surface area contributed by atoms with Gasteiger partial charge in [0, 0.05) is 39.9 Å². The molecule has 2 nitrogen and oxygen atoms in total. The monoisotopic (exact) mass is 692 g/mol. The number of aromatic nitrogens is 1. The second kappa shape index (κ2) is 13.4. The highest BCUT2D eigenvalue weighted by molar-refractivity contribution is 6.10. The molecular weight excluding hydrogens is 653 g/mol. The van der Waals surface area contributed by atoms with Crippen LogP contribution >= 0.6 is 0 Å². The molecule has 0 bridgehead atoms. The van der Waals surface area contributed by atoms with Crippen molar-refractivity contribution in [3.63, 3.8) is 0 Å². The zero-order chi connectivity index (χ0) is 36.0. The maximum atomic E-state index is 2.47. The summed E-state index contributed by atoms with van der Waals surface area (Å²) in [6, 6.07) is 58.1. The normalized spacial score (nSPS) is 16.3. The SMILES string of the molecule is C/C1=C\C(c2ccc3c(c2)c2ccccc2n3-c2cc(C3=CC=CCC3)cc(-c3ccccc3)c2)=C/CN(c2ccc3ccccc3c2)c2ccccc21. The van der Waals surface area contributed by atoms with Crippen LogP contribution in [0, 0.1) is 0 Å². The van der Waals surface area contributed by atoms with Crippen molar-refractivity contribution in [1.29, 1.82) is 0 Å². The van der Waals surface area contributed by atoms with E-state index < -0.39 is 0 Å². The molecule has 2 heterocycles. The van der Waals surface area contributed by atoms with Crippen molar-refractivity contribution in [2.24, 2.45) is 0 Å². The Bertz CT molecular complexity index is 2860. The number of allylic oxidation sites excluding steroid dienone is 7. The van der Waals surface area contributed by atoms with Gasteiger partial charge in [0.2, 0.25) is 0 Å². The average Bonchev–Trinajstić information content (AvgIpc) is 3.57. The summed E-state index contributed by atoms with van der Waals surface area (Å²) in [6.07, 6.45) is 13.6. The molecule has 0 saturated heterocycles. The highest BCUT2D eigenvalue weighted by Gasteiger charge is 2.19. The smallest absolute Gasteiger partial charge is 0.0541 e. The lowest BCUT2D eigenvalue weighted by Crippen LogP contribution is -2.19. The first-order valence-corrected chi connectivity index (χ1v) is 19.0. The zero-order valence-electron chi connectivity index (χ0n) is 30.4. The third kappa shape index (κ3) is 5.68. The molecule has 2 aliphatic rings. The van der Waals surface area contributed by atoms with Crippen LogP contribution in [0.15, 0.2) is 188 Å². The summed E-state index contributed by atoms with van der Waals surface area (Å²) in [4.78, 5) is 2.46. The average molecular weight is 693 g/mol. The fraction of sp³-hybridized carbons (Fsp3) is 0.0769. The molecule has 2 heteroatoms. The van der Waals surface area contributed by atoms with Gasteiger partial charge in [-0.25, -0.2) is 0 Å². The molecule has 10 rings (SSSR count). The lowest BCUT2D eigenvalue weighted by Gasteiger charge is -2.29. The summed E-state index contributed by atoms with van der Waals surface area (Å²) < 4.78 is 2.47. The maximum Gasteiger partial charge on any atom is 0.0541 e. The maximum absolute atomic E-state index is 2.47. The van der Waals surface area contributed by atoms with Gasteiger partial charge in [-0.3, -0.25) is 0 Å². The van der Waals surface area contributed by atoms with E-state index in [1.165, 1.54) is 94.2 Å². The van der Waals surface area contributed by atoms with Gasteiger partial charge in [-0.15, -0.1) is 0 Å². The number of benzene rings is 7. The van der Waals surface area contributed by atoms with Crippen LogP contribution in [0.4, 0.5) is 11.4 Å². The summed E-state index contributed by atoms with van der Waals surface area (Å²) in [5.74, 6) is 0. The van der Waals surface area contributed by atoms with Crippen molar-refractivity contribution in [2.75, 3.05) is 11.4 Å². The first kappa shape index (κ1) is 32.0. The number of para-hydroxylation sites is 2. The van der Waals surface area contributed by atoms with Crippen LogP contribution in [0.5, 0.6) is 0 Å². The van der Waals surface area contributed by atoms with E-state index in [2.05, 4.69) is 204 Å². The largest absolute Gasteiger partial charge is 0.337 e. The van der Waals surface area contributed by atoms with E-state index in [0.717, 1.165) is 19.4 Å². The molecule has 7 aromatic carbocycles. The van der Waals surface area contributed by atoms with Crippen LogP contribution in [0.3, 0.4) is 0 Å². The van der Waals surface area contributed by atoms with E-state index in [1.807, 2.05) is 0 Å². The fourth-order valence-corrected chi connectivity index (χ4v) is 8.49. The topological polar surface area (TPSA) is 8.17 Å². The summed E-state index contributed by atoms with van der Waals surface area (Å²) in [7, 11) is 0. The van der Waals surface area contributed by atoms with E-state index in [4.69, 9.17) is 0 Å². The molecule has 0 radical (unpaired) electrons. The first-order chi connectivity index (χ1) is 26.7. The second-order valence-corrected chi connectivity index (χ2v) is 14.5. The van der Waals surface area contributed by atoms with Crippen molar-refractivity contribution >= 4 is 60.7 Å². The predicted molar refractivity (Wildman–Crippen MR) is 232 cm³/mol. The number of rotatable bonds is 5. The van der Waals surface area contributed by atoms with Crippen molar-refractivity contribution in [2.45, 2.75) is 19.8 Å². The molecule has 0 amide bonds. The van der Waals surface area contributed by atoms with Crippen LogP contribution in [0.1, 0.15) is 36.5 Å². The zero-order valence-corrected chi connectivity index (χ0v) is 30.4. The van der Waals surface area contributed by atoms with Gasteiger partial charge in [0.1, 0.15) is 0 Å². The Hall–Kier alpha value is -6.64. The first-order valence-electron chi connectivity index (χ1n) is 19.0. The quantitative estimate of drug-likeness (QED) is 0.174. The van der Waals surface area contributed by atoms with Crippen LogP contribution in [0.25, 0.3) is 66.1 Å². The fourth-order valence-electron chi connectivity index (χ4n) is 8.49. The predicted octanol–water partition coefficient (Wildman–Crippen LogP) is 14.0. The Morgan fingerprint density at radius 3 is 2.20 bits per heavy atom. The van der Waals surface area contributed by atoms with Gasteiger partial charge in [0.15, 0.2) is 0 Å². The van der Waals surface area contributed by atoms with Crippen molar-refractivity contribution in [3.05, 3.63) is 205 Å². The van der Waals surface area contributed by atoms with Gasteiger partial charge in [-0.2, -0.15) is 0 Å². The minimum Gasteiger partial charge on any atom is -0.337 e.